The van der Waals surface area contributed by atoms with Crippen LogP contribution in [0.1, 0.15) is 10.4 Å². The van der Waals surface area contributed by atoms with E-state index in [1.807, 2.05) is 0 Å². The van der Waals surface area contributed by atoms with Gasteiger partial charge >= 0.3 is 5.97 Å². The van der Waals surface area contributed by atoms with Crippen LogP contribution in [-0.2, 0) is 0 Å². The van der Waals surface area contributed by atoms with Crippen molar-refractivity contribution in [3.8, 4) is 5.75 Å². The molecule has 0 saturated carbocycles. The number of pyridine rings is 1. The molecule has 3 nitrogen and oxygen atoms in total. The van der Waals surface area contributed by atoms with Gasteiger partial charge in [-0.2, -0.15) is 0 Å². The summed E-state index contributed by atoms with van der Waals surface area (Å²) < 4.78 is 6.05. The standard InChI is InChI=1S/C12H8BrNO2/c13-10-5-3-9(4-6-10)12(15)16-11-2-1-7-14-8-11/h1-8H. The lowest BCUT2D eigenvalue weighted by Crippen LogP contribution is -2.08. The van der Waals surface area contributed by atoms with Crippen LogP contribution in [0.15, 0.2) is 53.3 Å². The Morgan fingerprint density at radius 1 is 1.19 bits per heavy atom. The summed E-state index contributed by atoms with van der Waals surface area (Å²) in [4.78, 5) is 15.5. The van der Waals surface area contributed by atoms with Gasteiger partial charge in [-0.05, 0) is 36.4 Å². The monoisotopic (exact) mass is 277 g/mol. The maximum absolute atomic E-state index is 11.7. The Balaban J connectivity index is 2.12. The van der Waals surface area contributed by atoms with Crippen LogP contribution in [0.4, 0.5) is 0 Å². The van der Waals surface area contributed by atoms with E-state index in [0.717, 1.165) is 4.47 Å². The van der Waals surface area contributed by atoms with Crippen molar-refractivity contribution < 1.29 is 9.53 Å². The molecule has 0 aliphatic rings. The number of ether oxygens (including phenoxy) is 1. The third kappa shape index (κ3) is 2.67. The molecular formula is C12H8BrNO2. The highest BCUT2D eigenvalue weighted by atomic mass is 79.9. The van der Waals surface area contributed by atoms with Gasteiger partial charge in [-0.15, -0.1) is 0 Å². The predicted molar refractivity (Wildman–Crippen MR) is 63.3 cm³/mol. The molecule has 4 heteroatoms. The highest BCUT2D eigenvalue weighted by Gasteiger charge is 2.07. The second kappa shape index (κ2) is 4.90. The van der Waals surface area contributed by atoms with E-state index in [1.54, 1.807) is 42.6 Å². The molecule has 1 aromatic carbocycles. The zero-order valence-electron chi connectivity index (χ0n) is 8.26. The molecule has 0 amide bonds. The maximum Gasteiger partial charge on any atom is 0.343 e. The molecule has 16 heavy (non-hydrogen) atoms. The molecule has 0 aliphatic heterocycles. The molecule has 0 aliphatic carbocycles. The van der Waals surface area contributed by atoms with Crippen molar-refractivity contribution in [2.75, 3.05) is 0 Å². The number of aromatic nitrogens is 1. The third-order valence-electron chi connectivity index (χ3n) is 1.92. The first kappa shape index (κ1) is 10.8. The number of rotatable bonds is 2. The molecule has 0 N–H and O–H groups in total. The summed E-state index contributed by atoms with van der Waals surface area (Å²) in [6.45, 7) is 0. The molecule has 1 aromatic heterocycles. The molecule has 2 rings (SSSR count). The molecule has 0 saturated heterocycles. The molecule has 0 bridgehead atoms. The summed E-state index contributed by atoms with van der Waals surface area (Å²) >= 11 is 3.30. The molecule has 1 heterocycles. The zero-order chi connectivity index (χ0) is 11.4. The molecule has 0 spiro atoms. The number of halogens is 1. The Kier molecular flexibility index (Phi) is 3.31. The average molecular weight is 278 g/mol. The van der Waals surface area contributed by atoms with Crippen molar-refractivity contribution in [1.82, 2.24) is 4.98 Å². The van der Waals surface area contributed by atoms with Crippen molar-refractivity contribution in [3.63, 3.8) is 0 Å². The van der Waals surface area contributed by atoms with Crippen LogP contribution < -0.4 is 4.74 Å². The van der Waals surface area contributed by atoms with E-state index in [2.05, 4.69) is 20.9 Å². The largest absolute Gasteiger partial charge is 0.421 e. The van der Waals surface area contributed by atoms with Crippen LogP contribution >= 0.6 is 15.9 Å². The summed E-state index contributed by atoms with van der Waals surface area (Å²) in [5.74, 6) is 0.0518. The van der Waals surface area contributed by atoms with E-state index in [1.165, 1.54) is 6.20 Å². The van der Waals surface area contributed by atoms with Crippen LogP contribution in [0.2, 0.25) is 0 Å². The summed E-state index contributed by atoms with van der Waals surface area (Å²) in [6.07, 6.45) is 3.12. The van der Waals surface area contributed by atoms with E-state index >= 15 is 0 Å². The van der Waals surface area contributed by atoms with E-state index in [9.17, 15) is 4.79 Å². The Morgan fingerprint density at radius 3 is 2.56 bits per heavy atom. The Labute approximate surface area is 101 Å². The number of hydrogen-bond donors (Lipinski definition) is 0. The number of carbonyl (C=O) groups is 1. The van der Waals surface area contributed by atoms with E-state index < -0.39 is 0 Å². The fourth-order valence-electron chi connectivity index (χ4n) is 1.16. The minimum Gasteiger partial charge on any atom is -0.421 e. The van der Waals surface area contributed by atoms with Gasteiger partial charge in [-0.1, -0.05) is 15.9 Å². The van der Waals surface area contributed by atoms with Crippen molar-refractivity contribution in [2.24, 2.45) is 0 Å². The maximum atomic E-state index is 11.7. The fraction of sp³-hybridized carbons (Fsp3) is 0. The molecule has 2 aromatic rings. The van der Waals surface area contributed by atoms with Crippen LogP contribution in [0.3, 0.4) is 0 Å². The van der Waals surface area contributed by atoms with E-state index in [-0.39, 0.29) is 5.97 Å². The van der Waals surface area contributed by atoms with Gasteiger partial charge in [0.25, 0.3) is 0 Å². The normalized spacial score (nSPS) is 9.81. The molecule has 80 valence electrons. The number of esters is 1. The second-order valence-electron chi connectivity index (χ2n) is 3.09. The summed E-state index contributed by atoms with van der Waals surface area (Å²) in [7, 11) is 0. The quantitative estimate of drug-likeness (QED) is 0.792. The number of hydrogen-bond acceptors (Lipinski definition) is 3. The molecule has 0 radical (unpaired) electrons. The van der Waals surface area contributed by atoms with Gasteiger partial charge in [0.05, 0.1) is 11.8 Å². The van der Waals surface area contributed by atoms with Crippen LogP contribution in [0.5, 0.6) is 5.75 Å². The third-order valence-corrected chi connectivity index (χ3v) is 2.45. The Hall–Kier alpha value is -1.68. The van der Waals surface area contributed by atoms with Crippen LogP contribution in [-0.4, -0.2) is 11.0 Å². The summed E-state index contributed by atoms with van der Waals surface area (Å²) in [5.41, 5.74) is 0.507. The SMILES string of the molecule is O=C(Oc1cccnc1)c1ccc(Br)cc1. The number of nitrogens with zero attached hydrogens (tertiary/aromatic N) is 1. The van der Waals surface area contributed by atoms with Gasteiger partial charge in [0.2, 0.25) is 0 Å². The van der Waals surface area contributed by atoms with Crippen molar-refractivity contribution in [3.05, 3.63) is 58.8 Å². The lowest BCUT2D eigenvalue weighted by atomic mass is 10.2. The highest BCUT2D eigenvalue weighted by Crippen LogP contribution is 2.13. The minimum absolute atomic E-state index is 0.388. The second-order valence-corrected chi connectivity index (χ2v) is 4.00. The molecule has 0 unspecified atom stereocenters. The highest BCUT2D eigenvalue weighted by molar-refractivity contribution is 9.10. The van der Waals surface area contributed by atoms with Crippen molar-refractivity contribution in [2.45, 2.75) is 0 Å². The fourth-order valence-corrected chi connectivity index (χ4v) is 1.42. The first-order chi connectivity index (χ1) is 7.75. The zero-order valence-corrected chi connectivity index (χ0v) is 9.85. The van der Waals surface area contributed by atoms with Gasteiger partial charge in [0.15, 0.2) is 0 Å². The van der Waals surface area contributed by atoms with Crippen LogP contribution in [0.25, 0.3) is 0 Å². The first-order valence-electron chi connectivity index (χ1n) is 4.63. The molecule has 0 atom stereocenters. The summed E-state index contributed by atoms with van der Waals surface area (Å²) in [5, 5.41) is 0. The molecule has 0 fully saturated rings. The number of benzene rings is 1. The Morgan fingerprint density at radius 2 is 1.94 bits per heavy atom. The van der Waals surface area contributed by atoms with Gasteiger partial charge in [-0.3, -0.25) is 4.98 Å². The smallest absolute Gasteiger partial charge is 0.343 e. The van der Waals surface area contributed by atoms with Crippen LogP contribution in [0, 0.1) is 0 Å². The average Bonchev–Trinajstić information content (AvgIpc) is 2.31. The van der Waals surface area contributed by atoms with Gasteiger partial charge < -0.3 is 4.74 Å². The van der Waals surface area contributed by atoms with Crippen molar-refractivity contribution >= 4 is 21.9 Å². The lowest BCUT2D eigenvalue weighted by molar-refractivity contribution is 0.0734. The number of carbonyl (C=O) groups excluding carboxylic acids is 1. The molecular weight excluding hydrogens is 270 g/mol. The van der Waals surface area contributed by atoms with Crippen molar-refractivity contribution in [1.29, 1.82) is 0 Å². The minimum atomic E-state index is -0.388. The van der Waals surface area contributed by atoms with E-state index in [0.29, 0.717) is 11.3 Å². The van der Waals surface area contributed by atoms with E-state index in [4.69, 9.17) is 4.74 Å². The van der Waals surface area contributed by atoms with Gasteiger partial charge in [-0.25, -0.2) is 4.79 Å². The van der Waals surface area contributed by atoms with Gasteiger partial charge in [0.1, 0.15) is 5.75 Å². The lowest BCUT2D eigenvalue weighted by Gasteiger charge is -2.03. The first-order valence-corrected chi connectivity index (χ1v) is 5.43. The van der Waals surface area contributed by atoms with Gasteiger partial charge in [0, 0.05) is 10.7 Å². The topological polar surface area (TPSA) is 39.2 Å². The Bertz CT molecular complexity index is 482. The summed E-state index contributed by atoms with van der Waals surface area (Å²) in [6, 6.07) is 10.4. The predicted octanol–water partition coefficient (Wildman–Crippen LogP) is 3.06.